The molecule has 1 saturated carbocycles. The van der Waals surface area contributed by atoms with Gasteiger partial charge in [-0.05, 0) is 38.1 Å². The maximum atomic E-state index is 4.63. The Labute approximate surface area is 143 Å². The van der Waals surface area contributed by atoms with E-state index in [9.17, 15) is 0 Å². The Morgan fingerprint density at radius 3 is 2.58 bits per heavy atom. The summed E-state index contributed by atoms with van der Waals surface area (Å²) in [7, 11) is 0. The van der Waals surface area contributed by atoms with E-state index < -0.39 is 0 Å². The van der Waals surface area contributed by atoms with Crippen LogP contribution in [0.15, 0.2) is 30.3 Å². The molecule has 2 aromatic rings. The second kappa shape index (κ2) is 5.99. The summed E-state index contributed by atoms with van der Waals surface area (Å²) in [6.07, 6.45) is 9.59. The molecule has 1 aromatic heterocycles. The van der Waals surface area contributed by atoms with Crippen molar-refractivity contribution in [1.29, 1.82) is 0 Å². The molecule has 3 heterocycles. The highest BCUT2D eigenvalue weighted by atomic mass is 15.5. The van der Waals surface area contributed by atoms with Gasteiger partial charge in [-0.15, -0.1) is 5.10 Å². The third-order valence-electron chi connectivity index (χ3n) is 6.36. The van der Waals surface area contributed by atoms with Gasteiger partial charge in [0, 0.05) is 11.6 Å². The van der Waals surface area contributed by atoms with E-state index in [-0.39, 0.29) is 0 Å². The van der Waals surface area contributed by atoms with E-state index in [1.165, 1.54) is 62.7 Å². The summed E-state index contributed by atoms with van der Waals surface area (Å²) >= 11 is 0. The van der Waals surface area contributed by atoms with Crippen LogP contribution in [0.3, 0.4) is 0 Å². The zero-order valence-corrected chi connectivity index (χ0v) is 14.3. The fraction of sp³-hybridized carbons (Fsp3) is 0.600. The molecule has 1 saturated heterocycles. The molecule has 2 aliphatic heterocycles. The number of hydrogen-bond donors (Lipinski definition) is 0. The van der Waals surface area contributed by atoms with E-state index in [1.54, 1.807) is 0 Å². The van der Waals surface area contributed by atoms with Crippen LogP contribution in [0.1, 0.15) is 56.7 Å². The third-order valence-corrected chi connectivity index (χ3v) is 6.36. The molecule has 1 aliphatic carbocycles. The first-order valence-electron chi connectivity index (χ1n) is 9.66. The molecule has 0 amide bonds. The summed E-state index contributed by atoms with van der Waals surface area (Å²) in [6.45, 7) is 2.28. The minimum absolute atomic E-state index is 0.525. The van der Waals surface area contributed by atoms with Crippen LogP contribution < -0.4 is 0 Å². The van der Waals surface area contributed by atoms with Crippen molar-refractivity contribution in [3.05, 3.63) is 36.0 Å². The quantitative estimate of drug-likeness (QED) is 0.836. The van der Waals surface area contributed by atoms with Crippen LogP contribution in [0, 0.1) is 5.92 Å². The lowest BCUT2D eigenvalue weighted by atomic mass is 9.80. The van der Waals surface area contributed by atoms with E-state index >= 15 is 0 Å². The normalized spacial score (nSPS) is 27.8. The van der Waals surface area contributed by atoms with Gasteiger partial charge in [-0.25, -0.2) is 4.68 Å². The first kappa shape index (κ1) is 14.6. The average molecular weight is 322 g/mol. The van der Waals surface area contributed by atoms with Crippen LogP contribution in [0.4, 0.5) is 0 Å². The maximum Gasteiger partial charge on any atom is 0.117 e. The topological polar surface area (TPSA) is 34.0 Å². The zero-order chi connectivity index (χ0) is 15.9. The Bertz CT molecular complexity index is 702. The smallest absolute Gasteiger partial charge is 0.117 e. The molecule has 3 aliphatic rings. The number of rotatable bonds is 2. The van der Waals surface area contributed by atoms with Crippen LogP contribution in [-0.2, 0) is 6.54 Å². The zero-order valence-electron chi connectivity index (χ0n) is 14.3. The van der Waals surface area contributed by atoms with Crippen molar-refractivity contribution < 1.29 is 0 Å². The molecule has 2 fully saturated rings. The molecule has 24 heavy (non-hydrogen) atoms. The molecule has 2 atom stereocenters. The lowest BCUT2D eigenvalue weighted by Crippen LogP contribution is -2.45. The van der Waals surface area contributed by atoms with Crippen molar-refractivity contribution in [1.82, 2.24) is 19.9 Å². The van der Waals surface area contributed by atoms with Gasteiger partial charge in [0.25, 0.3) is 0 Å². The second-order valence-electron chi connectivity index (χ2n) is 7.75. The Balaban J connectivity index is 1.61. The molecule has 4 heteroatoms. The number of aromatic nitrogens is 3. The standard InChI is InChI=1S/C20H26N4/c1-3-8-15(9-4-1)18-20-19(16-10-5-2-6-11-16)23-13-7-12-17(23)14-24(20)22-21-18/h1,3-4,8-9,16-17,19H,2,5-7,10-14H2/t17-,19-/m0/s1. The van der Waals surface area contributed by atoms with Crippen molar-refractivity contribution in [2.75, 3.05) is 6.54 Å². The van der Waals surface area contributed by atoms with Gasteiger partial charge in [-0.3, -0.25) is 4.90 Å². The molecule has 4 nitrogen and oxygen atoms in total. The summed E-state index contributed by atoms with van der Waals surface area (Å²) in [5, 5.41) is 9.21. The fourth-order valence-corrected chi connectivity index (χ4v) is 5.27. The Kier molecular flexibility index (Phi) is 3.66. The van der Waals surface area contributed by atoms with E-state index in [4.69, 9.17) is 0 Å². The highest BCUT2D eigenvalue weighted by Crippen LogP contribution is 2.46. The van der Waals surface area contributed by atoms with Crippen LogP contribution in [-0.4, -0.2) is 32.5 Å². The highest BCUT2D eigenvalue weighted by molar-refractivity contribution is 5.62. The monoisotopic (exact) mass is 322 g/mol. The van der Waals surface area contributed by atoms with Crippen LogP contribution in [0.5, 0.6) is 0 Å². The van der Waals surface area contributed by atoms with Crippen molar-refractivity contribution in [2.24, 2.45) is 5.92 Å². The van der Waals surface area contributed by atoms with Crippen LogP contribution in [0.25, 0.3) is 11.3 Å². The van der Waals surface area contributed by atoms with Gasteiger partial charge in [0.15, 0.2) is 0 Å². The summed E-state index contributed by atoms with van der Waals surface area (Å²) < 4.78 is 2.24. The summed E-state index contributed by atoms with van der Waals surface area (Å²) in [4.78, 5) is 2.81. The summed E-state index contributed by atoms with van der Waals surface area (Å²) in [5.74, 6) is 0.777. The molecule has 0 unspecified atom stereocenters. The van der Waals surface area contributed by atoms with Crippen molar-refractivity contribution in [3.63, 3.8) is 0 Å². The van der Waals surface area contributed by atoms with Gasteiger partial charge in [-0.2, -0.15) is 0 Å². The number of benzene rings is 1. The van der Waals surface area contributed by atoms with Gasteiger partial charge in [0.05, 0.1) is 18.3 Å². The molecule has 0 N–H and O–H groups in total. The van der Waals surface area contributed by atoms with Crippen molar-refractivity contribution in [2.45, 2.75) is 63.6 Å². The minimum Gasteiger partial charge on any atom is -0.290 e. The lowest BCUT2D eigenvalue weighted by Gasteiger charge is -2.43. The predicted octanol–water partition coefficient (Wildman–Crippen LogP) is 4.04. The predicted molar refractivity (Wildman–Crippen MR) is 94.5 cm³/mol. The first-order chi connectivity index (χ1) is 11.9. The second-order valence-corrected chi connectivity index (χ2v) is 7.75. The van der Waals surface area contributed by atoms with E-state index in [0.717, 1.165) is 18.2 Å². The van der Waals surface area contributed by atoms with Crippen LogP contribution in [0.2, 0.25) is 0 Å². The molecule has 0 bridgehead atoms. The van der Waals surface area contributed by atoms with E-state index in [2.05, 4.69) is 50.2 Å². The highest BCUT2D eigenvalue weighted by Gasteiger charge is 2.43. The van der Waals surface area contributed by atoms with E-state index in [0.29, 0.717) is 12.1 Å². The number of hydrogen-bond acceptors (Lipinski definition) is 3. The summed E-state index contributed by atoms with van der Waals surface area (Å²) in [5.41, 5.74) is 3.74. The molecular weight excluding hydrogens is 296 g/mol. The first-order valence-corrected chi connectivity index (χ1v) is 9.66. The lowest BCUT2D eigenvalue weighted by molar-refractivity contribution is 0.0652. The molecule has 0 spiro atoms. The summed E-state index contributed by atoms with van der Waals surface area (Å²) in [6, 6.07) is 11.9. The van der Waals surface area contributed by atoms with E-state index in [1.807, 2.05) is 0 Å². The van der Waals surface area contributed by atoms with Gasteiger partial charge in [0.2, 0.25) is 0 Å². The fourth-order valence-electron chi connectivity index (χ4n) is 5.27. The minimum atomic E-state index is 0.525. The molecule has 126 valence electrons. The molecule has 1 aromatic carbocycles. The van der Waals surface area contributed by atoms with Crippen molar-refractivity contribution in [3.8, 4) is 11.3 Å². The van der Waals surface area contributed by atoms with Gasteiger partial charge in [-0.1, -0.05) is 54.8 Å². The molecule has 5 rings (SSSR count). The van der Waals surface area contributed by atoms with Gasteiger partial charge < -0.3 is 0 Å². The van der Waals surface area contributed by atoms with Crippen molar-refractivity contribution >= 4 is 0 Å². The SMILES string of the molecule is c1ccc(-c2nnn3c2[C@H](C2CCCCC2)N2CCC[C@H]2C3)cc1. The largest absolute Gasteiger partial charge is 0.290 e. The average Bonchev–Trinajstić information content (AvgIpc) is 3.27. The number of nitrogens with zero attached hydrogens (tertiary/aromatic N) is 4. The Hall–Kier alpha value is -1.68. The Morgan fingerprint density at radius 2 is 1.75 bits per heavy atom. The molecule has 0 radical (unpaired) electrons. The third kappa shape index (κ3) is 2.31. The van der Waals surface area contributed by atoms with Gasteiger partial charge >= 0.3 is 0 Å². The maximum absolute atomic E-state index is 4.63. The van der Waals surface area contributed by atoms with Crippen LogP contribution >= 0.6 is 0 Å². The molecular formula is C20H26N4. The Morgan fingerprint density at radius 1 is 0.917 bits per heavy atom. The number of fused-ring (bicyclic) bond motifs is 2. The van der Waals surface area contributed by atoms with Gasteiger partial charge in [0.1, 0.15) is 5.69 Å².